The fraction of sp³-hybridized carbons (Fsp3) is 0.0833. The second-order valence-electron chi connectivity index (χ2n) is 7.29. The van der Waals surface area contributed by atoms with Gasteiger partial charge in [-0.05, 0) is 42.3 Å². The number of aryl methyl sites for hydroxylation is 1. The number of halogens is 1. The number of rotatable bonds is 5. The molecule has 0 bridgehead atoms. The van der Waals surface area contributed by atoms with Crippen molar-refractivity contribution in [2.75, 3.05) is 0 Å². The molecule has 0 radical (unpaired) electrons. The Morgan fingerprint density at radius 3 is 2.56 bits per heavy atom. The van der Waals surface area contributed by atoms with E-state index in [1.807, 2.05) is 42.5 Å². The van der Waals surface area contributed by atoms with Gasteiger partial charge < -0.3 is 9.51 Å². The third-order valence-electron chi connectivity index (χ3n) is 5.24. The molecule has 0 atom stereocenters. The average Bonchev–Trinajstić information content (AvgIpc) is 3.29. The van der Waals surface area contributed by atoms with Crippen molar-refractivity contribution in [2.24, 2.45) is 0 Å². The SMILES string of the molecule is O=c1[nH]c2cc(-c3nc(-c4ccccc4Cl)no3)ccc2c(=O)n1CCc1ccccc1. The first-order valence-electron chi connectivity index (χ1n) is 10.00. The van der Waals surface area contributed by atoms with Gasteiger partial charge in [0.2, 0.25) is 5.82 Å². The van der Waals surface area contributed by atoms with E-state index >= 15 is 0 Å². The van der Waals surface area contributed by atoms with E-state index in [-0.39, 0.29) is 11.4 Å². The predicted molar refractivity (Wildman–Crippen MR) is 123 cm³/mol. The number of benzene rings is 3. The highest BCUT2D eigenvalue weighted by atomic mass is 35.5. The highest BCUT2D eigenvalue weighted by molar-refractivity contribution is 6.33. The molecule has 0 aliphatic heterocycles. The Kier molecular flexibility index (Phi) is 5.17. The number of hydrogen-bond acceptors (Lipinski definition) is 5. The molecule has 7 nitrogen and oxygen atoms in total. The maximum atomic E-state index is 12.9. The summed E-state index contributed by atoms with van der Waals surface area (Å²) in [6.07, 6.45) is 0.584. The maximum absolute atomic E-state index is 12.9. The van der Waals surface area contributed by atoms with Gasteiger partial charge in [0.05, 0.1) is 15.9 Å². The molecule has 5 aromatic rings. The summed E-state index contributed by atoms with van der Waals surface area (Å²) in [5.41, 5.74) is 1.90. The summed E-state index contributed by atoms with van der Waals surface area (Å²) in [5, 5.41) is 4.92. The molecule has 0 saturated carbocycles. The topological polar surface area (TPSA) is 93.8 Å². The zero-order valence-corrected chi connectivity index (χ0v) is 17.5. The molecule has 8 heteroatoms. The normalized spacial score (nSPS) is 11.2. The van der Waals surface area contributed by atoms with Crippen LogP contribution in [-0.4, -0.2) is 19.7 Å². The summed E-state index contributed by atoms with van der Waals surface area (Å²) < 4.78 is 6.61. The largest absolute Gasteiger partial charge is 0.334 e. The zero-order valence-electron chi connectivity index (χ0n) is 16.8. The molecule has 0 saturated heterocycles. The van der Waals surface area contributed by atoms with Crippen LogP contribution in [0.5, 0.6) is 0 Å². The Balaban J connectivity index is 1.48. The van der Waals surface area contributed by atoms with Crippen molar-refractivity contribution in [3.05, 3.63) is 104 Å². The quantitative estimate of drug-likeness (QED) is 0.436. The minimum Gasteiger partial charge on any atom is -0.334 e. The van der Waals surface area contributed by atoms with Crippen molar-refractivity contribution in [3.63, 3.8) is 0 Å². The molecular weight excluding hydrogens is 428 g/mol. The summed E-state index contributed by atoms with van der Waals surface area (Å²) in [6, 6.07) is 21.9. The summed E-state index contributed by atoms with van der Waals surface area (Å²) in [6.45, 7) is 0.292. The second kappa shape index (κ2) is 8.28. The van der Waals surface area contributed by atoms with E-state index in [1.54, 1.807) is 30.3 Å². The minimum absolute atomic E-state index is 0.260. The van der Waals surface area contributed by atoms with Crippen LogP contribution in [0.25, 0.3) is 33.7 Å². The minimum atomic E-state index is -0.460. The highest BCUT2D eigenvalue weighted by Crippen LogP contribution is 2.28. The first-order valence-corrected chi connectivity index (χ1v) is 10.4. The molecule has 0 aliphatic rings. The fourth-order valence-corrected chi connectivity index (χ4v) is 3.79. The molecule has 0 spiro atoms. The number of fused-ring (bicyclic) bond motifs is 1. The molecule has 0 fully saturated rings. The van der Waals surface area contributed by atoms with Crippen LogP contribution in [0.3, 0.4) is 0 Å². The Morgan fingerprint density at radius 2 is 1.75 bits per heavy atom. The number of hydrogen-bond donors (Lipinski definition) is 1. The van der Waals surface area contributed by atoms with E-state index in [0.717, 1.165) is 5.56 Å². The monoisotopic (exact) mass is 444 g/mol. The van der Waals surface area contributed by atoms with Gasteiger partial charge in [-0.1, -0.05) is 59.2 Å². The lowest BCUT2D eigenvalue weighted by Gasteiger charge is -2.07. The van der Waals surface area contributed by atoms with Crippen LogP contribution >= 0.6 is 11.6 Å². The number of aromatic amines is 1. The molecule has 3 aromatic carbocycles. The average molecular weight is 445 g/mol. The fourth-order valence-electron chi connectivity index (χ4n) is 3.57. The molecule has 5 rings (SSSR count). The second-order valence-corrected chi connectivity index (χ2v) is 7.69. The Bertz CT molecular complexity index is 1540. The molecule has 0 unspecified atom stereocenters. The van der Waals surface area contributed by atoms with Crippen LogP contribution in [0.15, 0.2) is 86.9 Å². The summed E-state index contributed by atoms with van der Waals surface area (Å²) in [7, 11) is 0. The van der Waals surface area contributed by atoms with Crippen molar-refractivity contribution in [3.8, 4) is 22.8 Å². The predicted octanol–water partition coefficient (Wildman–Crippen LogP) is 4.30. The molecule has 0 aliphatic carbocycles. The number of aromatic nitrogens is 4. The molecular formula is C24H17ClN4O3. The molecule has 32 heavy (non-hydrogen) atoms. The van der Waals surface area contributed by atoms with Crippen molar-refractivity contribution in [1.29, 1.82) is 0 Å². The van der Waals surface area contributed by atoms with Gasteiger partial charge in [0.1, 0.15) is 0 Å². The lowest BCUT2D eigenvalue weighted by molar-refractivity contribution is 0.432. The van der Waals surface area contributed by atoms with E-state index in [4.69, 9.17) is 16.1 Å². The van der Waals surface area contributed by atoms with Crippen molar-refractivity contribution < 1.29 is 4.52 Å². The van der Waals surface area contributed by atoms with Crippen LogP contribution in [0, 0.1) is 0 Å². The third kappa shape index (κ3) is 3.74. The first-order chi connectivity index (χ1) is 15.6. The Morgan fingerprint density at radius 1 is 0.969 bits per heavy atom. The van der Waals surface area contributed by atoms with E-state index in [9.17, 15) is 9.59 Å². The molecule has 1 N–H and O–H groups in total. The van der Waals surface area contributed by atoms with Gasteiger partial charge >= 0.3 is 5.69 Å². The van der Waals surface area contributed by atoms with Crippen LogP contribution in [-0.2, 0) is 13.0 Å². The highest BCUT2D eigenvalue weighted by Gasteiger charge is 2.15. The summed E-state index contributed by atoms with van der Waals surface area (Å²) >= 11 is 6.21. The molecule has 2 heterocycles. The van der Waals surface area contributed by atoms with Crippen LogP contribution < -0.4 is 11.2 Å². The number of nitrogens with one attached hydrogen (secondary N) is 1. The van der Waals surface area contributed by atoms with Gasteiger partial charge in [-0.2, -0.15) is 4.98 Å². The lowest BCUT2D eigenvalue weighted by atomic mass is 10.1. The van der Waals surface area contributed by atoms with Gasteiger partial charge in [-0.3, -0.25) is 9.36 Å². The summed E-state index contributed by atoms with van der Waals surface area (Å²) in [5.74, 6) is 0.617. The van der Waals surface area contributed by atoms with Gasteiger partial charge in [0.15, 0.2) is 0 Å². The van der Waals surface area contributed by atoms with Crippen molar-refractivity contribution in [2.45, 2.75) is 13.0 Å². The number of nitrogens with zero attached hydrogens (tertiary/aromatic N) is 3. The lowest BCUT2D eigenvalue weighted by Crippen LogP contribution is -2.35. The smallest absolute Gasteiger partial charge is 0.328 e. The standard InChI is InChI=1S/C24H17ClN4O3/c25-19-9-5-4-8-17(19)21-27-22(32-28-21)16-10-11-18-20(14-16)26-24(31)29(23(18)30)13-12-15-6-2-1-3-7-15/h1-11,14H,12-13H2,(H,26,31). The molecule has 2 aromatic heterocycles. The van der Waals surface area contributed by atoms with Crippen molar-refractivity contribution >= 4 is 22.5 Å². The molecule has 0 amide bonds. The van der Waals surface area contributed by atoms with Crippen LogP contribution in [0.4, 0.5) is 0 Å². The third-order valence-corrected chi connectivity index (χ3v) is 5.57. The first kappa shape index (κ1) is 20.0. The van der Waals surface area contributed by atoms with E-state index in [1.165, 1.54) is 4.57 Å². The Labute approximate surface area is 186 Å². The summed E-state index contributed by atoms with van der Waals surface area (Å²) in [4.78, 5) is 32.7. The van der Waals surface area contributed by atoms with E-state index in [2.05, 4.69) is 15.1 Å². The zero-order chi connectivity index (χ0) is 22.1. The van der Waals surface area contributed by atoms with Crippen molar-refractivity contribution in [1.82, 2.24) is 19.7 Å². The van der Waals surface area contributed by atoms with Gasteiger partial charge in [-0.25, -0.2) is 4.79 Å². The van der Waals surface area contributed by atoms with Gasteiger partial charge in [0, 0.05) is 17.7 Å². The maximum Gasteiger partial charge on any atom is 0.328 e. The van der Waals surface area contributed by atoms with Gasteiger partial charge in [0.25, 0.3) is 11.4 Å². The number of H-pyrrole nitrogens is 1. The van der Waals surface area contributed by atoms with Gasteiger partial charge in [-0.15, -0.1) is 0 Å². The van der Waals surface area contributed by atoms with E-state index < -0.39 is 5.69 Å². The van der Waals surface area contributed by atoms with E-state index in [0.29, 0.717) is 45.8 Å². The van der Waals surface area contributed by atoms with Crippen LogP contribution in [0.1, 0.15) is 5.56 Å². The molecule has 158 valence electrons. The Hall–Kier alpha value is -3.97. The van der Waals surface area contributed by atoms with Crippen LogP contribution in [0.2, 0.25) is 5.02 Å².